The van der Waals surface area contributed by atoms with E-state index in [0.29, 0.717) is 16.7 Å². The zero-order chi connectivity index (χ0) is 16.8. The molecule has 2 heterocycles. The van der Waals surface area contributed by atoms with Crippen molar-refractivity contribution < 1.29 is 0 Å². The van der Waals surface area contributed by atoms with Crippen molar-refractivity contribution in [1.82, 2.24) is 25.0 Å². The highest BCUT2D eigenvalue weighted by Crippen LogP contribution is 2.24. The summed E-state index contributed by atoms with van der Waals surface area (Å²) in [5.74, 6) is 0.745. The molecule has 2 rings (SSSR count). The smallest absolute Gasteiger partial charge is 0.191 e. The summed E-state index contributed by atoms with van der Waals surface area (Å²) in [6.45, 7) is 4.32. The van der Waals surface area contributed by atoms with Gasteiger partial charge in [0.2, 0.25) is 0 Å². The van der Waals surface area contributed by atoms with E-state index in [9.17, 15) is 0 Å². The van der Waals surface area contributed by atoms with Gasteiger partial charge < -0.3 is 15.2 Å². The zero-order valence-electron chi connectivity index (χ0n) is 13.6. The predicted octanol–water partition coefficient (Wildman–Crippen LogP) is 2.59. The Morgan fingerprint density at radius 2 is 2.13 bits per heavy atom. The van der Waals surface area contributed by atoms with Crippen molar-refractivity contribution >= 4 is 29.2 Å². The molecule has 0 amide bonds. The van der Waals surface area contributed by atoms with Gasteiger partial charge in [-0.25, -0.2) is 0 Å². The van der Waals surface area contributed by atoms with Crippen LogP contribution in [0.25, 0.3) is 0 Å². The third kappa shape index (κ3) is 4.91. The quantitative estimate of drug-likeness (QED) is 0.475. The fourth-order valence-electron chi connectivity index (χ4n) is 2.19. The van der Waals surface area contributed by atoms with Crippen molar-refractivity contribution in [3.63, 3.8) is 0 Å². The normalized spacial score (nSPS) is 11.8. The van der Waals surface area contributed by atoms with Crippen LogP contribution in [0.2, 0.25) is 10.2 Å². The van der Waals surface area contributed by atoms with Crippen LogP contribution >= 0.6 is 23.2 Å². The number of halogens is 2. The molecule has 0 bridgehead atoms. The molecule has 0 atom stereocenters. The van der Waals surface area contributed by atoms with Gasteiger partial charge in [0.05, 0.1) is 17.8 Å². The van der Waals surface area contributed by atoms with Gasteiger partial charge in [-0.05, 0) is 25.0 Å². The molecule has 2 aromatic rings. The lowest BCUT2D eigenvalue weighted by atomic mass is 10.4. The van der Waals surface area contributed by atoms with Crippen LogP contribution in [0.5, 0.6) is 0 Å². The molecule has 0 saturated carbocycles. The van der Waals surface area contributed by atoms with E-state index in [1.165, 1.54) is 5.56 Å². The lowest BCUT2D eigenvalue weighted by Gasteiger charge is -2.12. The molecule has 0 aliphatic rings. The molecule has 0 unspecified atom stereocenters. The van der Waals surface area contributed by atoms with Crippen molar-refractivity contribution in [1.29, 1.82) is 0 Å². The molecule has 0 radical (unpaired) electrons. The zero-order valence-corrected chi connectivity index (χ0v) is 15.1. The van der Waals surface area contributed by atoms with Gasteiger partial charge in [-0.2, -0.15) is 5.10 Å². The summed E-state index contributed by atoms with van der Waals surface area (Å²) >= 11 is 12.1. The number of guanidine groups is 1. The maximum absolute atomic E-state index is 6.06. The van der Waals surface area contributed by atoms with Crippen molar-refractivity contribution in [3.05, 3.63) is 39.9 Å². The first kappa shape index (κ1) is 17.7. The van der Waals surface area contributed by atoms with E-state index in [-0.39, 0.29) is 0 Å². The van der Waals surface area contributed by atoms with E-state index in [2.05, 4.69) is 20.7 Å². The molecule has 126 valence electrons. The number of nitrogens with zero attached hydrogens (tertiary/aromatic N) is 4. The van der Waals surface area contributed by atoms with E-state index in [0.717, 1.165) is 31.2 Å². The van der Waals surface area contributed by atoms with E-state index >= 15 is 0 Å². The summed E-state index contributed by atoms with van der Waals surface area (Å²) in [5, 5.41) is 11.9. The van der Waals surface area contributed by atoms with Gasteiger partial charge in [-0.15, -0.1) is 0 Å². The minimum absolute atomic E-state index is 0.543. The molecule has 6 nitrogen and oxygen atoms in total. The summed E-state index contributed by atoms with van der Waals surface area (Å²) in [7, 11) is 3.63. The van der Waals surface area contributed by atoms with Crippen LogP contribution in [0.4, 0.5) is 0 Å². The first-order valence-corrected chi connectivity index (χ1v) is 8.20. The molecule has 2 N–H and O–H groups in total. The molecular formula is C15H22Cl2N6. The monoisotopic (exact) mass is 356 g/mol. The van der Waals surface area contributed by atoms with Crippen LogP contribution < -0.4 is 10.6 Å². The van der Waals surface area contributed by atoms with E-state index < -0.39 is 0 Å². The summed E-state index contributed by atoms with van der Waals surface area (Å²) in [5.41, 5.74) is 2.17. The Balaban J connectivity index is 1.74. The van der Waals surface area contributed by atoms with Crippen molar-refractivity contribution in [2.75, 3.05) is 13.6 Å². The molecule has 23 heavy (non-hydrogen) atoms. The SMILES string of the molecule is CN=C(NCCCn1cc(C)cn1)NCc1cc(Cl)c(Cl)n1C. The maximum atomic E-state index is 6.06. The van der Waals surface area contributed by atoms with Gasteiger partial charge in [-0.3, -0.25) is 9.67 Å². The predicted molar refractivity (Wildman–Crippen MR) is 95.2 cm³/mol. The molecule has 0 spiro atoms. The number of hydrogen-bond acceptors (Lipinski definition) is 2. The van der Waals surface area contributed by atoms with E-state index in [4.69, 9.17) is 23.2 Å². The van der Waals surface area contributed by atoms with E-state index in [1.807, 2.05) is 41.7 Å². The van der Waals surface area contributed by atoms with Crippen LogP contribution in [-0.2, 0) is 20.1 Å². The molecule has 8 heteroatoms. The number of hydrogen-bond donors (Lipinski definition) is 2. The van der Waals surface area contributed by atoms with Gasteiger partial charge in [0.25, 0.3) is 0 Å². The minimum Gasteiger partial charge on any atom is -0.356 e. The van der Waals surface area contributed by atoms with Crippen LogP contribution in [0.1, 0.15) is 17.7 Å². The summed E-state index contributed by atoms with van der Waals surface area (Å²) in [6.07, 6.45) is 4.86. The Morgan fingerprint density at radius 3 is 2.70 bits per heavy atom. The highest BCUT2D eigenvalue weighted by Gasteiger charge is 2.09. The topological polar surface area (TPSA) is 59.2 Å². The Hall–Kier alpha value is -1.66. The van der Waals surface area contributed by atoms with Gasteiger partial charge in [0.15, 0.2) is 5.96 Å². The van der Waals surface area contributed by atoms with Crippen LogP contribution in [0.3, 0.4) is 0 Å². The molecule has 0 aromatic carbocycles. The highest BCUT2D eigenvalue weighted by molar-refractivity contribution is 6.41. The fourth-order valence-corrected chi connectivity index (χ4v) is 2.61. The number of aryl methyl sites for hydroxylation is 2. The molecule has 0 fully saturated rings. The van der Waals surface area contributed by atoms with Crippen molar-refractivity contribution in [2.45, 2.75) is 26.4 Å². The average Bonchev–Trinajstić information content (AvgIpc) is 3.05. The number of rotatable bonds is 6. The summed E-state index contributed by atoms with van der Waals surface area (Å²) in [4.78, 5) is 4.21. The van der Waals surface area contributed by atoms with Crippen molar-refractivity contribution in [3.8, 4) is 0 Å². The van der Waals surface area contributed by atoms with Gasteiger partial charge in [0, 0.05) is 39.1 Å². The molecule has 0 aliphatic heterocycles. The van der Waals surface area contributed by atoms with Gasteiger partial charge in [-0.1, -0.05) is 23.2 Å². The number of aliphatic imine (C=N–C) groups is 1. The molecule has 0 aliphatic carbocycles. The van der Waals surface area contributed by atoms with Crippen LogP contribution in [-0.4, -0.2) is 33.9 Å². The van der Waals surface area contributed by atoms with Gasteiger partial charge in [0.1, 0.15) is 5.15 Å². The van der Waals surface area contributed by atoms with Crippen molar-refractivity contribution in [2.24, 2.45) is 12.0 Å². The highest BCUT2D eigenvalue weighted by atomic mass is 35.5. The summed E-state index contributed by atoms with van der Waals surface area (Å²) < 4.78 is 3.80. The van der Waals surface area contributed by atoms with Crippen LogP contribution in [0.15, 0.2) is 23.5 Å². The third-order valence-corrected chi connectivity index (χ3v) is 4.34. The second kappa shape index (κ2) is 8.26. The number of aromatic nitrogens is 3. The number of nitrogens with one attached hydrogen (secondary N) is 2. The lowest BCUT2D eigenvalue weighted by molar-refractivity contribution is 0.569. The van der Waals surface area contributed by atoms with Crippen LogP contribution in [0, 0.1) is 6.92 Å². The largest absolute Gasteiger partial charge is 0.356 e. The molecular weight excluding hydrogens is 335 g/mol. The fraction of sp³-hybridized carbons (Fsp3) is 0.467. The Bertz CT molecular complexity index is 674. The maximum Gasteiger partial charge on any atom is 0.191 e. The second-order valence-electron chi connectivity index (χ2n) is 5.32. The lowest BCUT2D eigenvalue weighted by Crippen LogP contribution is -2.37. The Labute approximate surface area is 146 Å². The first-order chi connectivity index (χ1) is 11.0. The molecule has 2 aromatic heterocycles. The molecule has 0 saturated heterocycles. The Morgan fingerprint density at radius 1 is 1.35 bits per heavy atom. The minimum atomic E-state index is 0.543. The standard InChI is InChI=1S/C15H22Cl2N6/c1-11-8-21-23(10-11)6-4-5-19-15(18-2)20-9-12-7-13(16)14(17)22(12)3/h7-8,10H,4-6,9H2,1-3H3,(H2,18,19,20). The summed E-state index contributed by atoms with van der Waals surface area (Å²) in [6, 6.07) is 1.85. The van der Waals surface area contributed by atoms with E-state index in [1.54, 1.807) is 7.05 Å². The second-order valence-corrected chi connectivity index (χ2v) is 6.09. The van der Waals surface area contributed by atoms with Gasteiger partial charge >= 0.3 is 0 Å². The first-order valence-electron chi connectivity index (χ1n) is 7.44. The Kier molecular flexibility index (Phi) is 6.36. The average molecular weight is 357 g/mol. The third-order valence-electron chi connectivity index (χ3n) is 3.50.